The van der Waals surface area contributed by atoms with E-state index < -0.39 is 64.9 Å². The fraction of sp³-hybridized carbons (Fsp3) is 0.492. The zero-order valence-electron chi connectivity index (χ0n) is 46.7. The van der Waals surface area contributed by atoms with Gasteiger partial charge in [-0.25, -0.2) is 0 Å². The van der Waals surface area contributed by atoms with Crippen LogP contribution in [-0.2, 0) is 49.8 Å². The van der Waals surface area contributed by atoms with Crippen molar-refractivity contribution < 1.29 is 33.6 Å². The Morgan fingerprint density at radius 1 is 0.649 bits per heavy atom. The molecule has 7 amide bonds. The molecular weight excluding hydrogens is 971 g/mol. The molecule has 0 bridgehead atoms. The Labute approximate surface area is 455 Å². The summed E-state index contributed by atoms with van der Waals surface area (Å²) in [5.74, 6) is -2.32. The average molecular weight is 1050 g/mol. The zero-order valence-corrected chi connectivity index (χ0v) is 46.7. The van der Waals surface area contributed by atoms with Crippen molar-refractivity contribution in [1.82, 2.24) is 46.6 Å². The predicted molar refractivity (Wildman–Crippen MR) is 298 cm³/mol. The van der Waals surface area contributed by atoms with E-state index in [0.717, 1.165) is 41.5 Å². The van der Waals surface area contributed by atoms with Gasteiger partial charge in [0.1, 0.15) is 18.1 Å². The summed E-state index contributed by atoms with van der Waals surface area (Å²) in [5.41, 5.74) is 4.65. The monoisotopic (exact) mass is 1050 g/mol. The summed E-state index contributed by atoms with van der Waals surface area (Å²) in [6.45, 7) is 15.7. The van der Waals surface area contributed by atoms with Gasteiger partial charge in [-0.1, -0.05) is 120 Å². The number of rotatable bonds is 18. The molecule has 4 aromatic carbocycles. The molecule has 77 heavy (non-hydrogen) atoms. The second-order valence-electron chi connectivity index (χ2n) is 23.4. The van der Waals surface area contributed by atoms with E-state index >= 15 is 0 Å². The Bertz CT molecular complexity index is 2750. The van der Waals surface area contributed by atoms with Gasteiger partial charge in [0.05, 0.1) is 24.2 Å². The third kappa shape index (κ3) is 14.2. The third-order valence-corrected chi connectivity index (χ3v) is 15.6. The standard InChI is InChI=1S/C61H81N9O7/c1-38(62-9)53(71)66-51(60(3,4)5)58(76)69-35-45-23-15-14-22-44(45)33-47(69)37-68(32-31-40-19-12-11-13-20-40)57(75)43-29-27-42(28-30-43)55(73)64-46-34-50(56(74)65-49-26-18-24-41-21-16-17-25-48(41)49)70(36-46)59(77)52(61(6,7)8)67-54(72)39(2)63-10/h11-17,19-23,25,27-30,38-39,46-47,49-52,62-63H,18,24,26,31-37H2,1-10H3,(H,64,73)(H,65,74)(H,66,71)(H,67,72)/t38-,39-,46-,47-,49+,50-,51+,52+/m0/s1. The molecule has 1 aliphatic carbocycles. The summed E-state index contributed by atoms with van der Waals surface area (Å²) in [4.78, 5) is 105. The lowest BCUT2D eigenvalue weighted by atomic mass is 9.84. The molecule has 2 heterocycles. The average Bonchev–Trinajstić information content (AvgIpc) is 3.91. The number of hydrogen-bond donors (Lipinski definition) is 6. The Morgan fingerprint density at radius 2 is 1.19 bits per heavy atom. The summed E-state index contributed by atoms with van der Waals surface area (Å²) in [6, 6.07) is 27.3. The van der Waals surface area contributed by atoms with E-state index in [4.69, 9.17) is 0 Å². The van der Waals surface area contributed by atoms with Crippen molar-refractivity contribution in [2.24, 2.45) is 10.8 Å². The van der Waals surface area contributed by atoms with Gasteiger partial charge in [0, 0.05) is 43.3 Å². The van der Waals surface area contributed by atoms with E-state index in [0.29, 0.717) is 31.5 Å². The van der Waals surface area contributed by atoms with Crippen LogP contribution in [0.4, 0.5) is 0 Å². The highest BCUT2D eigenvalue weighted by Crippen LogP contribution is 2.33. The Kier molecular flexibility index (Phi) is 18.8. The molecular formula is C61H81N9O7. The number of nitrogens with one attached hydrogen (secondary N) is 6. The van der Waals surface area contributed by atoms with Crippen LogP contribution in [0.2, 0.25) is 0 Å². The molecule has 3 aliphatic rings. The number of aryl methyl sites for hydroxylation is 1. The molecule has 0 saturated carbocycles. The van der Waals surface area contributed by atoms with Crippen molar-refractivity contribution in [3.63, 3.8) is 0 Å². The van der Waals surface area contributed by atoms with Crippen LogP contribution in [0.3, 0.4) is 0 Å². The molecule has 8 atom stereocenters. The molecule has 1 saturated heterocycles. The molecule has 16 heteroatoms. The lowest BCUT2D eigenvalue weighted by molar-refractivity contribution is -0.144. The highest BCUT2D eigenvalue weighted by Gasteiger charge is 2.46. The summed E-state index contributed by atoms with van der Waals surface area (Å²) in [6.07, 6.45) is 3.76. The molecule has 0 spiro atoms. The number of amides is 7. The number of nitrogens with zero attached hydrogens (tertiary/aromatic N) is 3. The van der Waals surface area contributed by atoms with Crippen molar-refractivity contribution >= 4 is 41.4 Å². The van der Waals surface area contributed by atoms with Gasteiger partial charge >= 0.3 is 0 Å². The second kappa shape index (κ2) is 25.0. The fourth-order valence-corrected chi connectivity index (χ4v) is 10.7. The van der Waals surface area contributed by atoms with Crippen LogP contribution < -0.4 is 31.9 Å². The summed E-state index contributed by atoms with van der Waals surface area (Å²) in [5, 5.41) is 18.2. The lowest BCUT2D eigenvalue weighted by Gasteiger charge is -2.43. The highest BCUT2D eigenvalue weighted by molar-refractivity contribution is 5.99. The van der Waals surface area contributed by atoms with Crippen molar-refractivity contribution in [3.8, 4) is 0 Å². The second-order valence-corrected chi connectivity index (χ2v) is 23.4. The summed E-state index contributed by atoms with van der Waals surface area (Å²) >= 11 is 0. The van der Waals surface area contributed by atoms with Gasteiger partial charge in [0.25, 0.3) is 11.8 Å². The SMILES string of the molecule is CN[C@@H](C)C(=O)N[C@H](C(=O)N1Cc2ccccc2C[C@H]1CN(CCc1ccccc1)C(=O)c1ccc(C(=O)N[C@H]2C[C@@H](C(=O)N[C@@H]3CCCc4ccccc43)N(C(=O)[C@@H](NC(=O)[C@H](C)NC)C(C)(C)C)C2)cc1)C(C)(C)C. The van der Waals surface area contributed by atoms with Gasteiger partial charge < -0.3 is 46.6 Å². The van der Waals surface area contributed by atoms with E-state index in [1.54, 1.807) is 57.1 Å². The minimum Gasteiger partial charge on any atom is -0.347 e. The first kappa shape index (κ1) is 57.8. The molecule has 0 unspecified atom stereocenters. The van der Waals surface area contributed by atoms with Crippen LogP contribution in [0.15, 0.2) is 103 Å². The van der Waals surface area contributed by atoms with Gasteiger partial charge in [-0.05, 0) is 129 Å². The molecule has 2 aliphatic heterocycles. The molecule has 1 fully saturated rings. The first-order chi connectivity index (χ1) is 36.6. The molecule has 412 valence electrons. The van der Waals surface area contributed by atoms with Crippen LogP contribution in [0.1, 0.15) is 129 Å². The normalized spacial score (nSPS) is 19.8. The first-order valence-electron chi connectivity index (χ1n) is 27.3. The Morgan fingerprint density at radius 3 is 1.79 bits per heavy atom. The number of benzene rings is 4. The topological polar surface area (TPSA) is 201 Å². The lowest BCUT2D eigenvalue weighted by Crippen LogP contribution is -2.61. The summed E-state index contributed by atoms with van der Waals surface area (Å²) in [7, 11) is 3.36. The Balaban J connectivity index is 1.12. The molecule has 0 radical (unpaired) electrons. The largest absolute Gasteiger partial charge is 0.347 e. The van der Waals surface area contributed by atoms with Crippen molar-refractivity contribution in [2.75, 3.05) is 33.7 Å². The van der Waals surface area contributed by atoms with E-state index in [9.17, 15) is 33.6 Å². The number of carbonyl (C=O) groups excluding carboxylic acids is 7. The van der Waals surface area contributed by atoms with Gasteiger partial charge in [-0.2, -0.15) is 0 Å². The van der Waals surface area contributed by atoms with Crippen LogP contribution in [-0.4, -0.2) is 132 Å². The van der Waals surface area contributed by atoms with Crippen molar-refractivity contribution in [3.05, 3.63) is 142 Å². The number of likely N-dealkylation sites (tertiary alicyclic amines) is 1. The zero-order chi connectivity index (χ0) is 55.8. The molecule has 7 rings (SSSR count). The third-order valence-electron chi connectivity index (χ3n) is 15.6. The molecule has 4 aromatic rings. The fourth-order valence-electron chi connectivity index (χ4n) is 10.7. The smallest absolute Gasteiger partial charge is 0.253 e. The maximum absolute atomic E-state index is 14.9. The highest BCUT2D eigenvalue weighted by atomic mass is 16.2. The van der Waals surface area contributed by atoms with Gasteiger partial charge in [0.15, 0.2) is 0 Å². The number of hydrogen-bond acceptors (Lipinski definition) is 9. The maximum atomic E-state index is 14.9. The van der Waals surface area contributed by atoms with Crippen LogP contribution in [0, 0.1) is 10.8 Å². The van der Waals surface area contributed by atoms with Crippen LogP contribution in [0.25, 0.3) is 0 Å². The molecule has 0 aromatic heterocycles. The van der Waals surface area contributed by atoms with Crippen molar-refractivity contribution in [1.29, 1.82) is 0 Å². The van der Waals surface area contributed by atoms with Gasteiger partial charge in [-0.3, -0.25) is 33.6 Å². The molecule has 6 N–H and O–H groups in total. The quantitative estimate of drug-likeness (QED) is 0.0745. The van der Waals surface area contributed by atoms with Gasteiger partial charge in [0.2, 0.25) is 29.5 Å². The maximum Gasteiger partial charge on any atom is 0.253 e. The predicted octanol–water partition coefficient (Wildman–Crippen LogP) is 5.50. The van der Waals surface area contributed by atoms with Gasteiger partial charge in [-0.15, -0.1) is 0 Å². The van der Waals surface area contributed by atoms with Crippen LogP contribution in [0.5, 0.6) is 0 Å². The minimum atomic E-state index is -0.971. The van der Waals surface area contributed by atoms with E-state index in [1.807, 2.05) is 113 Å². The first-order valence-corrected chi connectivity index (χ1v) is 27.3. The van der Waals surface area contributed by atoms with Crippen LogP contribution >= 0.6 is 0 Å². The number of fused-ring (bicyclic) bond motifs is 2. The van der Waals surface area contributed by atoms with E-state index in [1.165, 1.54) is 10.5 Å². The van der Waals surface area contributed by atoms with Crippen molar-refractivity contribution in [2.45, 2.75) is 149 Å². The van der Waals surface area contributed by atoms with E-state index in [-0.39, 0.29) is 60.7 Å². The minimum absolute atomic E-state index is 0.0317. The number of likely N-dealkylation sites (N-methyl/N-ethyl adjacent to an activating group) is 2. The number of carbonyl (C=O) groups is 7. The van der Waals surface area contributed by atoms with E-state index in [2.05, 4.69) is 44.0 Å². The molecule has 16 nitrogen and oxygen atoms in total. The Hall–Kier alpha value is -6.91. The summed E-state index contributed by atoms with van der Waals surface area (Å²) < 4.78 is 0.